The predicted octanol–water partition coefficient (Wildman–Crippen LogP) is 13.1. The van der Waals surface area contributed by atoms with Gasteiger partial charge in [0.2, 0.25) is 0 Å². The molecule has 49 heavy (non-hydrogen) atoms. The molecule has 228 valence electrons. The van der Waals surface area contributed by atoms with E-state index >= 15 is 0 Å². The van der Waals surface area contributed by atoms with E-state index in [-0.39, 0.29) is 0 Å². The van der Waals surface area contributed by atoms with E-state index in [0.29, 0.717) is 0 Å². The van der Waals surface area contributed by atoms with Crippen LogP contribution in [-0.2, 0) is 0 Å². The lowest BCUT2D eigenvalue weighted by Crippen LogP contribution is -1.98. The van der Waals surface area contributed by atoms with Crippen LogP contribution in [0.3, 0.4) is 0 Å². The van der Waals surface area contributed by atoms with Crippen LogP contribution in [0.15, 0.2) is 170 Å². The van der Waals surface area contributed by atoms with Crippen molar-refractivity contribution >= 4 is 85.9 Å². The third-order valence-electron chi connectivity index (χ3n) is 10.3. The first-order valence-electron chi connectivity index (χ1n) is 16.8. The van der Waals surface area contributed by atoms with Crippen LogP contribution in [0.5, 0.6) is 0 Å². The average Bonchev–Trinajstić information content (AvgIpc) is 3.81. The summed E-state index contributed by atoms with van der Waals surface area (Å²) in [6, 6.07) is 62.5. The molecule has 0 fully saturated rings. The summed E-state index contributed by atoms with van der Waals surface area (Å²) in [7, 11) is 0. The van der Waals surface area contributed by atoms with Gasteiger partial charge in [-0.2, -0.15) is 0 Å². The van der Waals surface area contributed by atoms with Crippen LogP contribution in [0, 0.1) is 0 Å². The third kappa shape index (κ3) is 3.82. The van der Waals surface area contributed by atoms with Crippen molar-refractivity contribution in [3.63, 3.8) is 0 Å². The summed E-state index contributed by atoms with van der Waals surface area (Å²) in [6.45, 7) is 0. The molecule has 0 aliphatic carbocycles. The van der Waals surface area contributed by atoms with Gasteiger partial charge in [0.1, 0.15) is 0 Å². The van der Waals surface area contributed by atoms with E-state index in [4.69, 9.17) is 0 Å². The number of fused-ring (bicyclic) bond motifs is 10. The summed E-state index contributed by atoms with van der Waals surface area (Å²) in [5, 5.41) is 10.2. The Labute approximate surface area is 286 Å². The second-order valence-corrected chi connectivity index (χ2v) is 14.0. The van der Waals surface area contributed by atoms with E-state index in [1.165, 1.54) is 85.7 Å². The molecule has 0 aliphatic heterocycles. The molecule has 3 heterocycles. The highest BCUT2D eigenvalue weighted by Crippen LogP contribution is 2.45. The maximum atomic E-state index is 2.51. The lowest BCUT2D eigenvalue weighted by atomic mass is 9.94. The average molecular weight is 641 g/mol. The fourth-order valence-electron chi connectivity index (χ4n) is 8.19. The van der Waals surface area contributed by atoms with E-state index in [9.17, 15) is 0 Å². The van der Waals surface area contributed by atoms with E-state index in [2.05, 4.69) is 179 Å². The van der Waals surface area contributed by atoms with Crippen LogP contribution in [0.2, 0.25) is 0 Å². The number of benzene rings is 8. The number of nitrogens with zero attached hydrogens (tertiary/aromatic N) is 2. The molecule has 0 atom stereocenters. The molecular formula is C46H28N2S. The van der Waals surface area contributed by atoms with Crippen LogP contribution in [0.1, 0.15) is 0 Å². The van der Waals surface area contributed by atoms with Gasteiger partial charge in [0.05, 0.1) is 22.1 Å². The molecule has 0 spiro atoms. The molecule has 0 N–H and O–H groups in total. The summed E-state index contributed by atoms with van der Waals surface area (Å²) in [6.07, 6.45) is 0. The van der Waals surface area contributed by atoms with Gasteiger partial charge in [0.25, 0.3) is 0 Å². The first-order chi connectivity index (χ1) is 24.3. The highest BCUT2D eigenvalue weighted by molar-refractivity contribution is 7.25. The molecule has 11 rings (SSSR count). The number of hydrogen-bond donors (Lipinski definition) is 0. The van der Waals surface area contributed by atoms with Crippen molar-refractivity contribution < 1.29 is 0 Å². The van der Waals surface area contributed by atoms with Crippen molar-refractivity contribution in [2.24, 2.45) is 0 Å². The Balaban J connectivity index is 1.29. The zero-order valence-corrected chi connectivity index (χ0v) is 27.3. The Morgan fingerprint density at radius 3 is 1.82 bits per heavy atom. The van der Waals surface area contributed by atoms with Crippen molar-refractivity contribution in [1.82, 2.24) is 9.13 Å². The van der Waals surface area contributed by atoms with Crippen LogP contribution >= 0.6 is 11.3 Å². The number of aromatic nitrogens is 2. The standard InChI is InChI=1S/C46H28N2S/c1-2-13-31(14-3-1)47-40-19-9-6-16-34(40)36-24-23-32(28-42(36)47)48-41-20-10-7-17-35(41)39-26-29-12-4-5-15-33(29)45(46(39)48)30-22-25-44-38(27-30)37-18-8-11-21-43(37)49-44/h1-28H. The normalized spacial score (nSPS) is 12.1. The number of rotatable bonds is 3. The van der Waals surface area contributed by atoms with E-state index in [1.54, 1.807) is 0 Å². The van der Waals surface area contributed by atoms with Gasteiger partial charge in [-0.25, -0.2) is 0 Å². The predicted molar refractivity (Wildman–Crippen MR) is 211 cm³/mol. The highest BCUT2D eigenvalue weighted by Gasteiger charge is 2.21. The zero-order chi connectivity index (χ0) is 32.1. The van der Waals surface area contributed by atoms with Gasteiger partial charge in [-0.15, -0.1) is 11.3 Å². The fourth-order valence-corrected chi connectivity index (χ4v) is 9.27. The second-order valence-electron chi connectivity index (χ2n) is 12.9. The van der Waals surface area contributed by atoms with E-state index in [0.717, 1.165) is 11.4 Å². The smallest absolute Gasteiger partial charge is 0.0625 e. The molecule has 3 aromatic heterocycles. The Kier molecular flexibility index (Phi) is 5.57. The lowest BCUT2D eigenvalue weighted by Gasteiger charge is -2.15. The minimum Gasteiger partial charge on any atom is -0.309 e. The molecule has 0 aliphatic rings. The van der Waals surface area contributed by atoms with Crippen LogP contribution in [-0.4, -0.2) is 9.13 Å². The second kappa shape index (κ2) is 10.2. The number of thiophene rings is 1. The molecule has 2 nitrogen and oxygen atoms in total. The first-order valence-corrected chi connectivity index (χ1v) is 17.6. The molecule has 0 saturated carbocycles. The van der Waals surface area contributed by atoms with Crippen molar-refractivity contribution in [3.8, 4) is 22.5 Å². The topological polar surface area (TPSA) is 9.86 Å². The molecule has 0 bridgehead atoms. The van der Waals surface area contributed by atoms with Gasteiger partial charge in [0.15, 0.2) is 0 Å². The molecule has 0 unspecified atom stereocenters. The SMILES string of the molecule is c1ccc(-n2c3ccccc3c3ccc(-n4c5ccccc5c5cc6ccccc6c(-c6ccc7sc8ccccc8c7c6)c54)cc32)cc1. The fraction of sp³-hybridized carbons (Fsp3) is 0. The molecule has 8 aromatic carbocycles. The summed E-state index contributed by atoms with van der Waals surface area (Å²) < 4.78 is 7.57. The number of para-hydroxylation sites is 3. The Morgan fingerprint density at radius 2 is 0.980 bits per heavy atom. The maximum absolute atomic E-state index is 2.51. The lowest BCUT2D eigenvalue weighted by molar-refractivity contribution is 1.16. The summed E-state index contributed by atoms with van der Waals surface area (Å²) in [5.74, 6) is 0. The largest absolute Gasteiger partial charge is 0.309 e. The van der Waals surface area contributed by atoms with Crippen molar-refractivity contribution in [1.29, 1.82) is 0 Å². The summed E-state index contributed by atoms with van der Waals surface area (Å²) >= 11 is 1.87. The van der Waals surface area contributed by atoms with E-state index in [1.807, 2.05) is 11.3 Å². The highest BCUT2D eigenvalue weighted by atomic mass is 32.1. The first kappa shape index (κ1) is 26.9. The molecule has 0 amide bonds. The Bertz CT molecular complexity index is 3100. The Hall–Kier alpha value is -6.16. The van der Waals surface area contributed by atoms with Gasteiger partial charge >= 0.3 is 0 Å². The summed E-state index contributed by atoms with van der Waals surface area (Å²) in [5.41, 5.74) is 9.67. The third-order valence-corrected chi connectivity index (χ3v) is 11.4. The maximum Gasteiger partial charge on any atom is 0.0625 e. The Morgan fingerprint density at radius 1 is 0.347 bits per heavy atom. The van der Waals surface area contributed by atoms with Gasteiger partial charge < -0.3 is 9.13 Å². The molecular weight excluding hydrogens is 613 g/mol. The van der Waals surface area contributed by atoms with E-state index < -0.39 is 0 Å². The van der Waals surface area contributed by atoms with Crippen molar-refractivity contribution in [2.45, 2.75) is 0 Å². The quantitative estimate of drug-likeness (QED) is 0.182. The molecule has 3 heteroatoms. The minimum atomic E-state index is 1.15. The van der Waals surface area contributed by atoms with Gasteiger partial charge in [-0.05, 0) is 77.0 Å². The minimum absolute atomic E-state index is 1.15. The summed E-state index contributed by atoms with van der Waals surface area (Å²) in [4.78, 5) is 0. The van der Waals surface area contributed by atoms with Gasteiger partial charge in [-0.1, -0.05) is 109 Å². The number of hydrogen-bond acceptors (Lipinski definition) is 1. The zero-order valence-electron chi connectivity index (χ0n) is 26.5. The molecule has 0 radical (unpaired) electrons. The van der Waals surface area contributed by atoms with Crippen LogP contribution in [0.25, 0.3) is 97.1 Å². The van der Waals surface area contributed by atoms with Gasteiger partial charge in [-0.3, -0.25) is 0 Å². The molecule has 11 aromatic rings. The molecule has 0 saturated heterocycles. The monoisotopic (exact) mass is 640 g/mol. The van der Waals surface area contributed by atoms with Crippen LogP contribution < -0.4 is 0 Å². The van der Waals surface area contributed by atoms with Crippen LogP contribution in [0.4, 0.5) is 0 Å². The van der Waals surface area contributed by atoms with Crippen molar-refractivity contribution in [2.75, 3.05) is 0 Å². The van der Waals surface area contributed by atoms with Gasteiger partial charge in [0, 0.05) is 58.7 Å². The van der Waals surface area contributed by atoms with Crippen molar-refractivity contribution in [3.05, 3.63) is 170 Å².